The van der Waals surface area contributed by atoms with Gasteiger partial charge in [-0.1, -0.05) is 0 Å². The van der Waals surface area contributed by atoms with Gasteiger partial charge in [-0.2, -0.15) is 0 Å². The van der Waals surface area contributed by atoms with E-state index in [4.69, 9.17) is 9.15 Å². The SMILES string of the molecule is Cc1oc(C)c(C(=O)NNC(=O)OC(C)(C)C)c1C. The number of hydrazine groups is 1. The zero-order valence-electron chi connectivity index (χ0n) is 12.1. The van der Waals surface area contributed by atoms with Crippen LogP contribution in [0.1, 0.15) is 48.2 Å². The van der Waals surface area contributed by atoms with Crippen LogP contribution in [0.25, 0.3) is 0 Å². The van der Waals surface area contributed by atoms with Crippen molar-refractivity contribution >= 4 is 12.0 Å². The number of nitrogens with one attached hydrogen (secondary N) is 2. The first-order valence-corrected chi connectivity index (χ1v) is 5.97. The largest absolute Gasteiger partial charge is 0.466 e. The van der Waals surface area contributed by atoms with E-state index < -0.39 is 17.6 Å². The predicted molar refractivity (Wildman–Crippen MR) is 69.8 cm³/mol. The molecule has 0 bridgehead atoms. The van der Waals surface area contributed by atoms with Crippen LogP contribution >= 0.6 is 0 Å². The van der Waals surface area contributed by atoms with E-state index in [1.807, 2.05) is 0 Å². The number of ether oxygens (including phenoxy) is 1. The standard InChI is InChI=1S/C13H20N2O4/c1-7-8(2)18-9(3)10(7)11(16)14-15-12(17)19-13(4,5)6/h1-6H3,(H,14,16)(H,15,17). The Morgan fingerprint density at radius 3 is 2.05 bits per heavy atom. The molecule has 0 spiro atoms. The van der Waals surface area contributed by atoms with Crippen LogP contribution in [0.3, 0.4) is 0 Å². The summed E-state index contributed by atoms with van der Waals surface area (Å²) in [6.45, 7) is 10.5. The van der Waals surface area contributed by atoms with E-state index >= 15 is 0 Å². The number of rotatable bonds is 1. The van der Waals surface area contributed by atoms with Crippen LogP contribution in [0.2, 0.25) is 0 Å². The summed E-state index contributed by atoms with van der Waals surface area (Å²) in [6, 6.07) is 0. The molecule has 6 heteroatoms. The molecule has 1 aromatic rings. The Morgan fingerprint density at radius 1 is 1.05 bits per heavy atom. The van der Waals surface area contributed by atoms with Gasteiger partial charge in [0.25, 0.3) is 5.91 Å². The first kappa shape index (κ1) is 15.1. The van der Waals surface area contributed by atoms with Gasteiger partial charge in [-0.3, -0.25) is 10.2 Å². The Hall–Kier alpha value is -1.98. The molecule has 19 heavy (non-hydrogen) atoms. The summed E-state index contributed by atoms with van der Waals surface area (Å²) in [7, 11) is 0. The van der Waals surface area contributed by atoms with Crippen molar-refractivity contribution in [2.24, 2.45) is 0 Å². The van der Waals surface area contributed by atoms with Crippen LogP contribution in [-0.4, -0.2) is 17.6 Å². The lowest BCUT2D eigenvalue weighted by molar-refractivity contribution is 0.0483. The monoisotopic (exact) mass is 268 g/mol. The van der Waals surface area contributed by atoms with Crippen molar-refractivity contribution in [1.82, 2.24) is 10.9 Å². The van der Waals surface area contributed by atoms with Crippen molar-refractivity contribution < 1.29 is 18.7 Å². The third-order valence-corrected chi connectivity index (χ3v) is 2.47. The Kier molecular flexibility index (Phi) is 4.24. The first-order valence-electron chi connectivity index (χ1n) is 5.97. The molecule has 0 atom stereocenters. The number of aryl methyl sites for hydroxylation is 2. The Morgan fingerprint density at radius 2 is 1.63 bits per heavy atom. The van der Waals surface area contributed by atoms with Crippen molar-refractivity contribution in [2.45, 2.75) is 47.1 Å². The average molecular weight is 268 g/mol. The molecule has 106 valence electrons. The third kappa shape index (κ3) is 4.01. The smallest absolute Gasteiger partial charge is 0.426 e. The first-order chi connectivity index (χ1) is 8.61. The lowest BCUT2D eigenvalue weighted by Crippen LogP contribution is -2.44. The summed E-state index contributed by atoms with van der Waals surface area (Å²) in [5.74, 6) is 0.760. The van der Waals surface area contributed by atoms with Crippen LogP contribution in [0, 0.1) is 20.8 Å². The molecule has 1 aromatic heterocycles. The lowest BCUT2D eigenvalue weighted by atomic mass is 10.1. The summed E-state index contributed by atoms with van der Waals surface area (Å²) in [6.07, 6.45) is -0.712. The van der Waals surface area contributed by atoms with Crippen LogP contribution in [0.4, 0.5) is 4.79 Å². The van der Waals surface area contributed by atoms with Crippen molar-refractivity contribution in [3.63, 3.8) is 0 Å². The molecule has 0 saturated carbocycles. The molecule has 0 aliphatic rings. The number of amides is 2. The summed E-state index contributed by atoms with van der Waals surface area (Å²) >= 11 is 0. The van der Waals surface area contributed by atoms with E-state index in [9.17, 15) is 9.59 Å². The summed E-state index contributed by atoms with van der Waals surface area (Å²) in [5.41, 5.74) is 5.05. The van der Waals surface area contributed by atoms with E-state index in [-0.39, 0.29) is 0 Å². The van der Waals surface area contributed by atoms with Gasteiger partial charge in [-0.25, -0.2) is 10.2 Å². The van der Waals surface area contributed by atoms with Crippen molar-refractivity contribution in [2.75, 3.05) is 0 Å². The second kappa shape index (κ2) is 5.34. The third-order valence-electron chi connectivity index (χ3n) is 2.47. The number of carbonyl (C=O) groups excluding carboxylic acids is 2. The zero-order chi connectivity index (χ0) is 14.8. The van der Waals surface area contributed by atoms with E-state index in [0.29, 0.717) is 17.1 Å². The van der Waals surface area contributed by atoms with Crippen LogP contribution in [0.15, 0.2) is 4.42 Å². The second-order valence-electron chi connectivity index (χ2n) is 5.30. The van der Waals surface area contributed by atoms with Gasteiger partial charge in [0.2, 0.25) is 0 Å². The molecular formula is C13H20N2O4. The highest BCUT2D eigenvalue weighted by Gasteiger charge is 2.20. The fourth-order valence-corrected chi connectivity index (χ4v) is 1.60. The summed E-state index contributed by atoms with van der Waals surface area (Å²) < 4.78 is 10.4. The van der Waals surface area contributed by atoms with Crippen LogP contribution in [0.5, 0.6) is 0 Å². The number of furan rings is 1. The van der Waals surface area contributed by atoms with Crippen LogP contribution < -0.4 is 10.9 Å². The minimum absolute atomic E-state index is 0.425. The molecule has 0 radical (unpaired) electrons. The van der Waals surface area contributed by atoms with Gasteiger partial charge in [-0.05, 0) is 41.5 Å². The Labute approximate surface area is 112 Å². The topological polar surface area (TPSA) is 80.6 Å². The van der Waals surface area contributed by atoms with Gasteiger partial charge >= 0.3 is 6.09 Å². The lowest BCUT2D eigenvalue weighted by Gasteiger charge is -2.19. The van der Waals surface area contributed by atoms with E-state index in [1.54, 1.807) is 41.5 Å². The quantitative estimate of drug-likeness (QED) is 0.766. The fraction of sp³-hybridized carbons (Fsp3) is 0.538. The van der Waals surface area contributed by atoms with Gasteiger partial charge in [0.1, 0.15) is 17.1 Å². The molecule has 2 amide bonds. The van der Waals surface area contributed by atoms with Crippen molar-refractivity contribution in [3.05, 3.63) is 22.6 Å². The molecule has 1 rings (SSSR count). The highest BCUT2D eigenvalue weighted by atomic mass is 16.6. The van der Waals surface area contributed by atoms with Crippen molar-refractivity contribution in [1.29, 1.82) is 0 Å². The van der Waals surface area contributed by atoms with Gasteiger partial charge in [0.05, 0.1) is 5.56 Å². The molecule has 0 fully saturated rings. The summed E-state index contributed by atoms with van der Waals surface area (Å²) in [5, 5.41) is 0. The molecule has 0 unspecified atom stereocenters. The Bertz CT molecular complexity index is 497. The van der Waals surface area contributed by atoms with Gasteiger partial charge in [0.15, 0.2) is 0 Å². The number of carbonyl (C=O) groups is 2. The normalized spacial score (nSPS) is 11.1. The molecule has 0 aromatic carbocycles. The minimum Gasteiger partial charge on any atom is -0.466 e. The Balaban J connectivity index is 2.64. The van der Waals surface area contributed by atoms with Gasteiger partial charge in [-0.15, -0.1) is 0 Å². The highest BCUT2D eigenvalue weighted by Crippen LogP contribution is 2.20. The maximum absolute atomic E-state index is 11.9. The van der Waals surface area contributed by atoms with Crippen LogP contribution in [-0.2, 0) is 4.74 Å². The molecule has 6 nitrogen and oxygen atoms in total. The predicted octanol–water partition coefficient (Wildman–Crippen LogP) is 2.37. The van der Waals surface area contributed by atoms with Gasteiger partial charge in [0, 0.05) is 5.56 Å². The number of hydrogen-bond donors (Lipinski definition) is 2. The minimum atomic E-state index is -0.712. The molecule has 0 aliphatic heterocycles. The second-order valence-corrected chi connectivity index (χ2v) is 5.30. The maximum Gasteiger partial charge on any atom is 0.426 e. The fourth-order valence-electron chi connectivity index (χ4n) is 1.60. The number of hydrogen-bond acceptors (Lipinski definition) is 4. The van der Waals surface area contributed by atoms with E-state index in [2.05, 4.69) is 10.9 Å². The van der Waals surface area contributed by atoms with Gasteiger partial charge < -0.3 is 9.15 Å². The van der Waals surface area contributed by atoms with E-state index in [1.165, 1.54) is 0 Å². The zero-order valence-corrected chi connectivity index (χ0v) is 12.1. The summed E-state index contributed by atoms with van der Waals surface area (Å²) in [4.78, 5) is 23.3. The molecule has 0 aliphatic carbocycles. The molecule has 2 N–H and O–H groups in total. The molecule has 1 heterocycles. The van der Waals surface area contributed by atoms with Crippen molar-refractivity contribution in [3.8, 4) is 0 Å². The van der Waals surface area contributed by atoms with E-state index in [0.717, 1.165) is 5.56 Å². The molecular weight excluding hydrogens is 248 g/mol. The average Bonchev–Trinajstić information content (AvgIpc) is 2.47. The maximum atomic E-state index is 11.9. The highest BCUT2D eigenvalue weighted by molar-refractivity contribution is 5.97. The molecule has 0 saturated heterocycles.